The first-order valence-electron chi connectivity index (χ1n) is 7.70. The molecule has 0 atom stereocenters. The molecule has 8 nitrogen and oxygen atoms in total. The minimum absolute atomic E-state index is 0.111. The van der Waals surface area contributed by atoms with Crippen molar-refractivity contribution in [2.24, 2.45) is 0 Å². The molecule has 0 aliphatic carbocycles. The second-order valence-electron chi connectivity index (χ2n) is 5.29. The van der Waals surface area contributed by atoms with Crippen molar-refractivity contribution in [2.45, 2.75) is 11.4 Å². The molecular weight excluding hydrogens is 354 g/mol. The zero-order chi connectivity index (χ0) is 18.4. The van der Waals surface area contributed by atoms with E-state index in [1.54, 1.807) is 36.7 Å². The van der Waals surface area contributed by atoms with E-state index in [0.717, 1.165) is 5.56 Å². The average Bonchev–Trinajstić information content (AvgIpc) is 2.68. The fourth-order valence-electron chi connectivity index (χ4n) is 2.13. The Morgan fingerprint density at radius 3 is 2.19 bits per heavy atom. The van der Waals surface area contributed by atoms with Gasteiger partial charge in [-0.25, -0.2) is 8.42 Å². The van der Waals surface area contributed by atoms with Crippen LogP contribution in [0.1, 0.15) is 5.56 Å². The van der Waals surface area contributed by atoms with Crippen molar-refractivity contribution in [3.63, 3.8) is 0 Å². The van der Waals surface area contributed by atoms with Gasteiger partial charge in [-0.05, 0) is 54.1 Å². The van der Waals surface area contributed by atoms with Crippen molar-refractivity contribution >= 4 is 21.7 Å². The summed E-state index contributed by atoms with van der Waals surface area (Å²) in [4.78, 5) is 4.06. The maximum Gasteiger partial charge on any atom is 0.263 e. The summed E-state index contributed by atoms with van der Waals surface area (Å²) in [5, 5.41) is 11.0. The molecule has 0 saturated heterocycles. The lowest BCUT2D eigenvalue weighted by molar-refractivity contribution is 0.414. The van der Waals surface area contributed by atoms with Gasteiger partial charge < -0.3 is 10.1 Å². The molecule has 2 N–H and O–H groups in total. The molecule has 0 bridgehead atoms. The molecule has 2 heterocycles. The molecule has 0 fully saturated rings. The third-order valence-electron chi connectivity index (χ3n) is 3.50. The second-order valence-corrected chi connectivity index (χ2v) is 6.98. The summed E-state index contributed by atoms with van der Waals surface area (Å²) in [6, 6.07) is 13.0. The molecule has 3 aromatic rings. The number of benzene rings is 1. The van der Waals surface area contributed by atoms with Crippen LogP contribution in [0.5, 0.6) is 5.75 Å². The van der Waals surface area contributed by atoms with E-state index in [9.17, 15) is 8.42 Å². The first kappa shape index (κ1) is 17.6. The summed E-state index contributed by atoms with van der Waals surface area (Å²) in [5.74, 6) is 1.25. The number of anilines is 2. The van der Waals surface area contributed by atoms with Crippen molar-refractivity contribution < 1.29 is 13.2 Å². The molecule has 9 heteroatoms. The van der Waals surface area contributed by atoms with Crippen LogP contribution in [0.3, 0.4) is 0 Å². The van der Waals surface area contributed by atoms with Crippen molar-refractivity contribution in [3.8, 4) is 5.75 Å². The molecule has 3 rings (SSSR count). The van der Waals surface area contributed by atoms with E-state index in [0.29, 0.717) is 18.1 Å². The maximum atomic E-state index is 12.4. The molecule has 0 spiro atoms. The Balaban J connectivity index is 1.64. The van der Waals surface area contributed by atoms with E-state index < -0.39 is 10.0 Å². The average molecular weight is 371 g/mol. The van der Waals surface area contributed by atoms with E-state index in [1.807, 2.05) is 12.1 Å². The van der Waals surface area contributed by atoms with Gasteiger partial charge in [0.2, 0.25) is 0 Å². The van der Waals surface area contributed by atoms with Gasteiger partial charge in [0.05, 0.1) is 12.0 Å². The van der Waals surface area contributed by atoms with Crippen LogP contribution in [0.25, 0.3) is 0 Å². The van der Waals surface area contributed by atoms with Crippen LogP contribution in [-0.4, -0.2) is 30.7 Å². The van der Waals surface area contributed by atoms with Gasteiger partial charge in [-0.15, -0.1) is 10.2 Å². The number of sulfonamides is 1. The maximum absolute atomic E-state index is 12.4. The summed E-state index contributed by atoms with van der Waals surface area (Å²) < 4.78 is 32.1. The van der Waals surface area contributed by atoms with E-state index in [-0.39, 0.29) is 10.7 Å². The normalized spacial score (nSPS) is 11.0. The van der Waals surface area contributed by atoms with Crippen LogP contribution >= 0.6 is 0 Å². The van der Waals surface area contributed by atoms with Crippen LogP contribution in [-0.2, 0) is 16.6 Å². The molecule has 26 heavy (non-hydrogen) atoms. The van der Waals surface area contributed by atoms with Crippen molar-refractivity contribution in [1.82, 2.24) is 15.2 Å². The zero-order valence-corrected chi connectivity index (χ0v) is 14.8. The number of nitrogens with zero attached hydrogens (tertiary/aromatic N) is 3. The minimum Gasteiger partial charge on any atom is -0.497 e. The van der Waals surface area contributed by atoms with Gasteiger partial charge in [0, 0.05) is 18.9 Å². The summed E-state index contributed by atoms with van der Waals surface area (Å²) in [5.41, 5.74) is 1.05. The van der Waals surface area contributed by atoms with Gasteiger partial charge in [-0.2, -0.15) is 0 Å². The lowest BCUT2D eigenvalue weighted by Crippen LogP contribution is -2.14. The van der Waals surface area contributed by atoms with Crippen molar-refractivity contribution in [3.05, 3.63) is 66.5 Å². The highest BCUT2D eigenvalue weighted by molar-refractivity contribution is 7.92. The lowest BCUT2D eigenvalue weighted by atomic mass is 10.3. The Kier molecular flexibility index (Phi) is 5.28. The number of aromatic nitrogens is 3. The fraction of sp³-hybridized carbons (Fsp3) is 0.118. The van der Waals surface area contributed by atoms with Gasteiger partial charge in [0.15, 0.2) is 5.82 Å². The molecule has 0 saturated carbocycles. The Labute approximate surface area is 151 Å². The van der Waals surface area contributed by atoms with E-state index in [2.05, 4.69) is 25.2 Å². The molecule has 2 aromatic heterocycles. The topological polar surface area (TPSA) is 106 Å². The Hall–Kier alpha value is -3.20. The van der Waals surface area contributed by atoms with Gasteiger partial charge >= 0.3 is 0 Å². The molecule has 0 unspecified atom stereocenters. The summed E-state index contributed by atoms with van der Waals surface area (Å²) in [7, 11) is -2.23. The number of nitrogens with one attached hydrogen (secondary N) is 2. The Bertz CT molecular complexity index is 946. The zero-order valence-electron chi connectivity index (χ0n) is 14.0. The van der Waals surface area contributed by atoms with Crippen LogP contribution in [0, 0.1) is 0 Å². The third-order valence-corrected chi connectivity index (χ3v) is 4.87. The summed E-state index contributed by atoms with van der Waals surface area (Å²) >= 11 is 0. The van der Waals surface area contributed by atoms with E-state index in [1.165, 1.54) is 19.2 Å². The number of pyridine rings is 1. The first-order chi connectivity index (χ1) is 12.6. The molecule has 0 radical (unpaired) electrons. The first-order valence-corrected chi connectivity index (χ1v) is 9.18. The van der Waals surface area contributed by atoms with Crippen LogP contribution in [0.15, 0.2) is 65.8 Å². The standard InChI is InChI=1S/C17H17N5O3S/c1-25-14-2-4-15(5-3-14)26(23,24)22-17-7-6-16(20-21-17)19-12-13-8-10-18-11-9-13/h2-11H,12H2,1H3,(H,19,20)(H,21,22). The quantitative estimate of drug-likeness (QED) is 0.656. The van der Waals surface area contributed by atoms with Crippen LogP contribution in [0.2, 0.25) is 0 Å². The van der Waals surface area contributed by atoms with Crippen LogP contribution < -0.4 is 14.8 Å². The molecular formula is C17H17N5O3S. The highest BCUT2D eigenvalue weighted by Crippen LogP contribution is 2.18. The molecule has 1 aromatic carbocycles. The third kappa shape index (κ3) is 4.45. The van der Waals surface area contributed by atoms with E-state index in [4.69, 9.17) is 4.74 Å². The van der Waals surface area contributed by atoms with Crippen molar-refractivity contribution in [2.75, 3.05) is 17.1 Å². The predicted molar refractivity (Wildman–Crippen MR) is 97.4 cm³/mol. The summed E-state index contributed by atoms with van der Waals surface area (Å²) in [6.45, 7) is 0.564. The smallest absolute Gasteiger partial charge is 0.263 e. The molecule has 0 amide bonds. The van der Waals surface area contributed by atoms with Gasteiger partial charge in [-0.1, -0.05) is 0 Å². The largest absolute Gasteiger partial charge is 0.497 e. The molecule has 0 aliphatic rings. The number of rotatable bonds is 7. The monoisotopic (exact) mass is 371 g/mol. The SMILES string of the molecule is COc1ccc(S(=O)(=O)Nc2ccc(NCc3ccncc3)nn2)cc1. The number of hydrogen-bond donors (Lipinski definition) is 2. The number of methoxy groups -OCH3 is 1. The second kappa shape index (κ2) is 7.79. The highest BCUT2D eigenvalue weighted by atomic mass is 32.2. The fourth-order valence-corrected chi connectivity index (χ4v) is 3.12. The van der Waals surface area contributed by atoms with E-state index >= 15 is 0 Å². The number of hydrogen-bond acceptors (Lipinski definition) is 7. The lowest BCUT2D eigenvalue weighted by Gasteiger charge is -2.09. The van der Waals surface area contributed by atoms with Crippen LogP contribution in [0.4, 0.5) is 11.6 Å². The Morgan fingerprint density at radius 2 is 1.58 bits per heavy atom. The van der Waals surface area contributed by atoms with Gasteiger partial charge in [0.25, 0.3) is 10.0 Å². The van der Waals surface area contributed by atoms with Crippen molar-refractivity contribution in [1.29, 1.82) is 0 Å². The molecule has 134 valence electrons. The predicted octanol–water partition coefficient (Wildman–Crippen LogP) is 2.29. The molecule has 0 aliphatic heterocycles. The minimum atomic E-state index is -3.74. The summed E-state index contributed by atoms with van der Waals surface area (Å²) in [6.07, 6.45) is 3.42. The van der Waals surface area contributed by atoms with Gasteiger partial charge in [-0.3, -0.25) is 9.71 Å². The van der Waals surface area contributed by atoms with Gasteiger partial charge in [0.1, 0.15) is 11.6 Å². The number of ether oxygens (including phenoxy) is 1. The highest BCUT2D eigenvalue weighted by Gasteiger charge is 2.15. The Morgan fingerprint density at radius 1 is 0.923 bits per heavy atom.